The van der Waals surface area contributed by atoms with Crippen molar-refractivity contribution in [1.82, 2.24) is 5.32 Å². The first-order valence-electron chi connectivity index (χ1n) is 4.60. The van der Waals surface area contributed by atoms with Crippen molar-refractivity contribution in [3.05, 3.63) is 24.3 Å². The van der Waals surface area contributed by atoms with Crippen LogP contribution in [0, 0.1) is 0 Å². The van der Waals surface area contributed by atoms with Gasteiger partial charge in [0, 0.05) is 25.5 Å². The highest BCUT2D eigenvalue weighted by atomic mass is 32.1. The summed E-state index contributed by atoms with van der Waals surface area (Å²) in [6.07, 6.45) is -1.01. The number of hydrogen-bond acceptors (Lipinski definition) is 2. The fourth-order valence-electron chi connectivity index (χ4n) is 1.10. The van der Waals surface area contributed by atoms with Gasteiger partial charge in [-0.1, -0.05) is 6.07 Å². The van der Waals surface area contributed by atoms with Crippen LogP contribution in [0.5, 0.6) is 0 Å². The minimum absolute atomic E-state index is 0.482. The Morgan fingerprint density at radius 1 is 1.50 bits per heavy atom. The van der Waals surface area contributed by atoms with Gasteiger partial charge in [0.1, 0.15) is 0 Å². The zero-order valence-electron chi connectivity index (χ0n) is 9.02. The summed E-state index contributed by atoms with van der Waals surface area (Å²) in [6, 6.07) is 6.98. The van der Waals surface area contributed by atoms with Crippen molar-refractivity contribution < 1.29 is 9.90 Å². The lowest BCUT2D eigenvalue weighted by Gasteiger charge is -2.14. The van der Waals surface area contributed by atoms with E-state index < -0.39 is 6.09 Å². The van der Waals surface area contributed by atoms with Crippen LogP contribution >= 0.6 is 12.2 Å². The van der Waals surface area contributed by atoms with Gasteiger partial charge < -0.3 is 15.7 Å². The third-order valence-corrected chi connectivity index (χ3v) is 2.31. The summed E-state index contributed by atoms with van der Waals surface area (Å²) in [6.45, 7) is 0. The summed E-state index contributed by atoms with van der Waals surface area (Å²) in [4.78, 5) is 11.9. The van der Waals surface area contributed by atoms with Gasteiger partial charge in [-0.25, -0.2) is 4.79 Å². The van der Waals surface area contributed by atoms with Gasteiger partial charge in [-0.15, -0.1) is 0 Å². The number of benzene rings is 1. The molecule has 0 heterocycles. The molecule has 16 heavy (non-hydrogen) atoms. The molecule has 0 aromatic heterocycles. The number of thiocarbonyl (C=S) groups is 1. The number of amides is 1. The number of nitrogens with zero attached hydrogens (tertiary/aromatic N) is 1. The molecule has 0 radical (unpaired) electrons. The molecule has 86 valence electrons. The number of carboxylic acid groups (broad SMARTS) is 1. The summed E-state index contributed by atoms with van der Waals surface area (Å²) in [5, 5.41) is 15.0. The monoisotopic (exact) mass is 239 g/mol. The van der Waals surface area contributed by atoms with E-state index in [1.807, 2.05) is 6.07 Å². The predicted molar refractivity (Wildman–Crippen MR) is 68.2 cm³/mol. The van der Waals surface area contributed by atoms with Crippen molar-refractivity contribution in [2.45, 2.75) is 0 Å². The zero-order chi connectivity index (χ0) is 12.1. The fourth-order valence-corrected chi connectivity index (χ4v) is 1.21. The molecule has 1 rings (SSSR count). The topological polar surface area (TPSA) is 64.6 Å². The summed E-state index contributed by atoms with van der Waals surface area (Å²) in [5.41, 5.74) is 1.32. The van der Waals surface area contributed by atoms with Crippen LogP contribution in [0.1, 0.15) is 0 Å². The maximum atomic E-state index is 10.8. The van der Waals surface area contributed by atoms with Crippen molar-refractivity contribution in [2.24, 2.45) is 0 Å². The molecule has 0 fully saturated rings. The highest BCUT2D eigenvalue weighted by Gasteiger charge is 2.08. The Morgan fingerprint density at radius 2 is 2.19 bits per heavy atom. The molecule has 1 aromatic rings. The number of carbonyl (C=O) groups is 1. The van der Waals surface area contributed by atoms with Crippen molar-refractivity contribution in [3.8, 4) is 0 Å². The predicted octanol–water partition coefficient (Wildman–Crippen LogP) is 1.72. The molecule has 0 bridgehead atoms. The Kier molecular flexibility index (Phi) is 4.07. The van der Waals surface area contributed by atoms with E-state index in [1.165, 1.54) is 7.05 Å². The summed E-state index contributed by atoms with van der Waals surface area (Å²) in [7, 11) is 3.19. The van der Waals surface area contributed by atoms with Crippen LogP contribution < -0.4 is 15.5 Å². The fraction of sp³-hybridized carbons (Fsp3) is 0.200. The Labute approximate surface area is 99.1 Å². The quantitative estimate of drug-likeness (QED) is 0.686. The zero-order valence-corrected chi connectivity index (χ0v) is 9.84. The second kappa shape index (κ2) is 5.32. The largest absolute Gasteiger partial charge is 0.465 e. The molecule has 3 N–H and O–H groups in total. The van der Waals surface area contributed by atoms with Gasteiger partial charge in [-0.3, -0.25) is 4.90 Å². The van der Waals surface area contributed by atoms with Crippen LogP contribution in [-0.2, 0) is 0 Å². The average Bonchev–Trinajstić information content (AvgIpc) is 2.28. The van der Waals surface area contributed by atoms with Crippen LogP contribution in [-0.4, -0.2) is 30.4 Å². The normalized spacial score (nSPS) is 9.38. The van der Waals surface area contributed by atoms with E-state index in [0.717, 1.165) is 10.6 Å². The smallest absolute Gasteiger partial charge is 0.411 e. The third-order valence-electron chi connectivity index (χ3n) is 2.01. The maximum absolute atomic E-state index is 10.8. The van der Waals surface area contributed by atoms with E-state index in [4.69, 9.17) is 17.3 Å². The molecule has 0 saturated heterocycles. The van der Waals surface area contributed by atoms with Crippen LogP contribution in [0.2, 0.25) is 0 Å². The van der Waals surface area contributed by atoms with Crippen LogP contribution in [0.25, 0.3) is 0 Å². The molecule has 1 aromatic carbocycles. The van der Waals surface area contributed by atoms with Crippen molar-refractivity contribution in [3.63, 3.8) is 0 Å². The van der Waals surface area contributed by atoms with Gasteiger partial charge in [0.2, 0.25) is 0 Å². The molecular weight excluding hydrogens is 226 g/mol. The molecule has 5 nitrogen and oxygen atoms in total. The van der Waals surface area contributed by atoms with Crippen molar-refractivity contribution in [1.29, 1.82) is 0 Å². The average molecular weight is 239 g/mol. The van der Waals surface area contributed by atoms with Gasteiger partial charge >= 0.3 is 6.09 Å². The minimum atomic E-state index is -1.01. The van der Waals surface area contributed by atoms with Crippen LogP contribution in [0.4, 0.5) is 16.2 Å². The van der Waals surface area contributed by atoms with Gasteiger partial charge in [0.25, 0.3) is 0 Å². The summed E-state index contributed by atoms with van der Waals surface area (Å²) in [5.74, 6) is 0. The minimum Gasteiger partial charge on any atom is -0.465 e. The standard InChI is InChI=1S/C10H13N3O2S/c1-11-9(16)12-7-4-3-5-8(6-7)13(2)10(14)15/h3-6H,1-2H3,(H,14,15)(H2,11,12,16). The Hall–Kier alpha value is -1.82. The molecule has 0 atom stereocenters. The number of anilines is 2. The van der Waals surface area contributed by atoms with E-state index in [1.54, 1.807) is 25.2 Å². The van der Waals surface area contributed by atoms with Gasteiger partial charge in [-0.2, -0.15) is 0 Å². The van der Waals surface area contributed by atoms with Gasteiger partial charge in [0.15, 0.2) is 5.11 Å². The Balaban J connectivity index is 2.86. The van der Waals surface area contributed by atoms with Crippen LogP contribution in [0.3, 0.4) is 0 Å². The van der Waals surface area contributed by atoms with Crippen molar-refractivity contribution in [2.75, 3.05) is 24.3 Å². The number of nitrogens with one attached hydrogen (secondary N) is 2. The number of hydrogen-bond donors (Lipinski definition) is 3. The highest BCUT2D eigenvalue weighted by Crippen LogP contribution is 2.18. The molecule has 1 amide bonds. The second-order valence-electron chi connectivity index (χ2n) is 3.10. The molecule has 6 heteroatoms. The molecule has 0 aliphatic heterocycles. The van der Waals surface area contributed by atoms with Crippen LogP contribution in [0.15, 0.2) is 24.3 Å². The van der Waals surface area contributed by atoms with E-state index in [-0.39, 0.29) is 0 Å². The molecule has 0 unspecified atom stereocenters. The molecular formula is C10H13N3O2S. The Morgan fingerprint density at radius 3 is 2.75 bits per heavy atom. The third kappa shape index (κ3) is 3.09. The van der Waals surface area contributed by atoms with E-state index in [2.05, 4.69) is 10.6 Å². The van der Waals surface area contributed by atoms with E-state index >= 15 is 0 Å². The van der Waals surface area contributed by atoms with E-state index in [0.29, 0.717) is 10.8 Å². The lowest BCUT2D eigenvalue weighted by atomic mass is 10.2. The van der Waals surface area contributed by atoms with E-state index in [9.17, 15) is 4.79 Å². The molecule has 0 aliphatic carbocycles. The lowest BCUT2D eigenvalue weighted by Crippen LogP contribution is -2.25. The second-order valence-corrected chi connectivity index (χ2v) is 3.50. The SMILES string of the molecule is CNC(=S)Nc1cccc(N(C)C(=O)O)c1. The maximum Gasteiger partial charge on any atom is 0.411 e. The highest BCUT2D eigenvalue weighted by molar-refractivity contribution is 7.80. The first kappa shape index (κ1) is 12.3. The Bertz CT molecular complexity index is 409. The summed E-state index contributed by atoms with van der Waals surface area (Å²) >= 11 is 4.95. The summed E-state index contributed by atoms with van der Waals surface area (Å²) < 4.78 is 0. The molecule has 0 aliphatic rings. The first-order valence-corrected chi connectivity index (χ1v) is 5.01. The van der Waals surface area contributed by atoms with Gasteiger partial charge in [0.05, 0.1) is 0 Å². The van der Waals surface area contributed by atoms with Gasteiger partial charge in [-0.05, 0) is 30.4 Å². The molecule has 0 spiro atoms. The lowest BCUT2D eigenvalue weighted by molar-refractivity contribution is 0.203. The number of rotatable bonds is 2. The molecule has 0 saturated carbocycles. The van der Waals surface area contributed by atoms with Crippen molar-refractivity contribution >= 4 is 34.8 Å². The first-order chi connectivity index (χ1) is 7.54.